The van der Waals surface area contributed by atoms with Crippen LogP contribution in [0.25, 0.3) is 0 Å². The van der Waals surface area contributed by atoms with E-state index in [-0.39, 0.29) is 0 Å². The summed E-state index contributed by atoms with van der Waals surface area (Å²) in [6, 6.07) is 12.3. The van der Waals surface area contributed by atoms with Gasteiger partial charge in [0, 0.05) is 13.1 Å². The average molecular weight is 447 g/mol. The molecule has 0 spiro atoms. The van der Waals surface area contributed by atoms with Crippen LogP contribution in [0.3, 0.4) is 0 Å². The van der Waals surface area contributed by atoms with Crippen LogP contribution in [0.2, 0.25) is 0 Å². The zero-order valence-corrected chi connectivity index (χ0v) is 11.4. The molecule has 0 atom stereocenters. The summed E-state index contributed by atoms with van der Waals surface area (Å²) in [7, 11) is 2.20. The van der Waals surface area contributed by atoms with Crippen molar-refractivity contribution in [3.63, 3.8) is 0 Å². The monoisotopic (exact) mass is 447 g/mol. The standard InChI is InChI=1S/C13H18N.No/c1-14(12-8-4-2-5-9-12)13-10-6-3-7-11-13;/h2,4-5,8,13H,3,6-7,10-11H2,1H3;/q-1;. The van der Waals surface area contributed by atoms with Crippen LogP contribution >= 0.6 is 0 Å². The molecule has 0 N–H and O–H groups in total. The molecular weight excluding hydrogens is 429 g/mol. The summed E-state index contributed by atoms with van der Waals surface area (Å²) in [6.07, 6.45) is 6.89. The van der Waals surface area contributed by atoms with Crippen LogP contribution in [0.5, 0.6) is 0 Å². The van der Waals surface area contributed by atoms with Crippen molar-refractivity contribution in [1.82, 2.24) is 0 Å². The normalized spacial score (nSPS) is 16.9. The quantitative estimate of drug-likeness (QED) is 0.630. The van der Waals surface area contributed by atoms with E-state index >= 15 is 0 Å². The number of nitrogens with zero attached hydrogens (tertiary/aromatic N) is 1. The molecule has 0 amide bonds. The molecule has 1 saturated carbocycles. The summed E-state index contributed by atoms with van der Waals surface area (Å²) in [5, 5.41) is 0. The fourth-order valence-electron chi connectivity index (χ4n) is 2.27. The number of rotatable bonds is 2. The molecule has 1 aliphatic rings. The van der Waals surface area contributed by atoms with Crippen LogP contribution < -0.4 is 4.90 Å². The third kappa shape index (κ3) is 2.49. The van der Waals surface area contributed by atoms with Gasteiger partial charge < -0.3 is 4.90 Å². The van der Waals surface area contributed by atoms with Crippen LogP contribution in [0.4, 0.5) is 5.69 Å². The molecule has 0 saturated heterocycles. The Labute approximate surface area is 86.7 Å². The third-order valence-electron chi connectivity index (χ3n) is 3.20. The molecule has 2 rings (SSSR count). The van der Waals surface area contributed by atoms with Crippen LogP contribution in [-0.2, 0) is 0 Å². The van der Waals surface area contributed by atoms with Crippen molar-refractivity contribution in [2.75, 3.05) is 11.9 Å². The Bertz CT molecular complexity index is 267. The van der Waals surface area contributed by atoms with Crippen LogP contribution in [0.15, 0.2) is 24.3 Å². The first-order chi connectivity index (χ1) is 6.88. The Morgan fingerprint density at radius 2 is 1.93 bits per heavy atom. The first-order valence-electron chi connectivity index (χ1n) is 5.57. The average Bonchev–Trinajstić information content (AvgIpc) is 2.30. The number of anilines is 1. The van der Waals surface area contributed by atoms with Gasteiger partial charge in [-0.3, -0.25) is 0 Å². The second kappa shape index (κ2) is 5.04. The molecule has 0 aromatic heterocycles. The van der Waals surface area contributed by atoms with Crippen molar-refractivity contribution in [1.29, 1.82) is 0 Å². The van der Waals surface area contributed by atoms with Gasteiger partial charge in [0.2, 0.25) is 0 Å². The van der Waals surface area contributed by atoms with E-state index in [1.165, 1.54) is 37.8 Å². The molecule has 0 radical (unpaired) electrons. The molecule has 2 heteroatoms. The molecule has 1 aromatic carbocycles. The molecule has 0 aliphatic heterocycles. The minimum absolute atomic E-state index is 0. The fraction of sp³-hybridized carbons (Fsp3) is 0.538. The fourth-order valence-corrected chi connectivity index (χ4v) is 2.27. The molecule has 90 valence electrons. The van der Waals surface area contributed by atoms with Gasteiger partial charge in [-0.05, 0) is 12.8 Å². The van der Waals surface area contributed by atoms with E-state index in [0.717, 1.165) is 6.04 Å². The SMILES string of the molecule is CN(c1[c-]cccc1)C1CCCCC1.[No]. The van der Waals surface area contributed by atoms with E-state index in [9.17, 15) is 0 Å². The Kier molecular flexibility index (Phi) is 3.73. The maximum atomic E-state index is 3.29. The van der Waals surface area contributed by atoms with E-state index in [4.69, 9.17) is 0 Å². The van der Waals surface area contributed by atoms with Crippen LogP contribution in [0, 0.1) is 6.07 Å². The third-order valence-corrected chi connectivity index (χ3v) is 3.20. The maximum Gasteiger partial charge on any atom is 0.0265 e. The summed E-state index contributed by atoms with van der Waals surface area (Å²) in [5.74, 6) is 0. The van der Waals surface area contributed by atoms with Gasteiger partial charge in [-0.2, -0.15) is 24.3 Å². The molecule has 0 bridgehead atoms. The zero-order chi connectivity index (χ0) is 9.80. The van der Waals surface area contributed by atoms with Crippen molar-refractivity contribution >= 4 is 5.69 Å². The molecular formula is C13H18NNo-. The van der Waals surface area contributed by atoms with E-state index in [0.29, 0.717) is 0 Å². The second-order valence-electron chi connectivity index (χ2n) is 4.15. The van der Waals surface area contributed by atoms with E-state index in [2.05, 4.69) is 30.1 Å². The number of para-hydroxylation sites is 1. The predicted octanol–water partition coefficient (Wildman–Crippen LogP) is 3.26. The van der Waals surface area contributed by atoms with Gasteiger partial charge in [-0.1, -0.05) is 24.9 Å². The molecule has 1 aliphatic carbocycles. The molecule has 0 heterocycles. The van der Waals surface area contributed by atoms with E-state index in [1.54, 1.807) is 0 Å². The van der Waals surface area contributed by atoms with Crippen molar-refractivity contribution in [3.8, 4) is 0 Å². The number of hydrogen-bond donors (Lipinski definition) is 0. The maximum absolute atomic E-state index is 3.29. The van der Waals surface area contributed by atoms with Gasteiger partial charge in [0.1, 0.15) is 0 Å². The Balaban J connectivity index is 0.00000112. The van der Waals surface area contributed by atoms with Gasteiger partial charge >= 0.3 is 0 Å². The number of hydrogen-bond acceptors (Lipinski definition) is 1. The zero-order valence-electron chi connectivity index (χ0n) is 9.14. The van der Waals surface area contributed by atoms with Crippen molar-refractivity contribution in [2.24, 2.45) is 0 Å². The van der Waals surface area contributed by atoms with Gasteiger partial charge in [0.05, 0.1) is 0 Å². The Hall–Kier alpha value is -1.98. The summed E-state index contributed by atoms with van der Waals surface area (Å²) in [4.78, 5) is 2.39. The summed E-state index contributed by atoms with van der Waals surface area (Å²) < 4.78 is 0. The minimum Gasteiger partial charge on any atom is -0.394 e. The van der Waals surface area contributed by atoms with Crippen molar-refractivity contribution in [3.05, 3.63) is 30.3 Å². The minimum atomic E-state index is 0. The molecule has 0 unspecified atom stereocenters. The van der Waals surface area contributed by atoms with Gasteiger partial charge in [0.15, 0.2) is 0 Å². The second-order valence-corrected chi connectivity index (χ2v) is 4.15. The first-order valence-corrected chi connectivity index (χ1v) is 5.57. The molecule has 1 aromatic rings. The van der Waals surface area contributed by atoms with Gasteiger partial charge in [-0.15, -0.1) is 6.07 Å². The Morgan fingerprint density at radius 1 is 1.20 bits per heavy atom. The number of benzene rings is 1. The first kappa shape index (κ1) is 11.1. The van der Waals surface area contributed by atoms with Crippen LogP contribution in [0.1, 0.15) is 32.1 Å². The topological polar surface area (TPSA) is 3.24 Å². The summed E-state index contributed by atoms with van der Waals surface area (Å²) >= 11 is 0. The van der Waals surface area contributed by atoms with Crippen molar-refractivity contribution in [2.45, 2.75) is 38.1 Å². The van der Waals surface area contributed by atoms with Gasteiger partial charge in [0.25, 0.3) is 0 Å². The van der Waals surface area contributed by atoms with Crippen LogP contribution in [-0.4, -0.2) is 13.1 Å². The smallest absolute Gasteiger partial charge is 0.0265 e. The molecule has 1 fully saturated rings. The summed E-state index contributed by atoms with van der Waals surface area (Å²) in [6.45, 7) is 0. The van der Waals surface area contributed by atoms with E-state index in [1.807, 2.05) is 12.1 Å². The van der Waals surface area contributed by atoms with Crippen molar-refractivity contribution < 1.29 is 0 Å². The summed E-state index contributed by atoms with van der Waals surface area (Å²) in [5.41, 5.74) is 1.24. The predicted molar refractivity (Wildman–Crippen MR) is 60.6 cm³/mol. The molecule has 1 nitrogen and oxygen atoms in total. The largest absolute Gasteiger partial charge is 0.394 e. The van der Waals surface area contributed by atoms with E-state index < -0.39 is 0 Å². The Morgan fingerprint density at radius 3 is 2.53 bits per heavy atom. The molecule has 15 heavy (non-hydrogen) atoms. The van der Waals surface area contributed by atoms with Gasteiger partial charge in [-0.25, -0.2) is 0 Å².